The van der Waals surface area contributed by atoms with Crippen LogP contribution in [0.5, 0.6) is 5.88 Å². The average molecular weight is 392 g/mol. The second kappa shape index (κ2) is 8.43. The van der Waals surface area contributed by atoms with Gasteiger partial charge in [0.15, 0.2) is 5.69 Å². The van der Waals surface area contributed by atoms with Gasteiger partial charge in [-0.15, -0.1) is 20.4 Å². The van der Waals surface area contributed by atoms with Gasteiger partial charge in [-0.3, -0.25) is 9.36 Å². The molecule has 0 saturated heterocycles. The SMILES string of the molecule is CCCCn1c(O)c(N=Nc2nnc(C)n2-c2ccccn2)c(C)c(C#N)c1=O. The summed E-state index contributed by atoms with van der Waals surface area (Å²) in [6.07, 6.45) is 3.13. The Hall–Kier alpha value is -3.87. The van der Waals surface area contributed by atoms with Crippen molar-refractivity contribution >= 4 is 11.6 Å². The van der Waals surface area contributed by atoms with Crippen molar-refractivity contribution in [3.05, 3.63) is 51.7 Å². The quantitative estimate of drug-likeness (QED) is 0.640. The summed E-state index contributed by atoms with van der Waals surface area (Å²) in [6, 6.07) is 7.28. The molecule has 3 aromatic heterocycles. The number of aromatic hydroxyl groups is 1. The molecule has 10 heteroatoms. The van der Waals surface area contributed by atoms with Crippen LogP contribution >= 0.6 is 0 Å². The number of azo groups is 1. The van der Waals surface area contributed by atoms with Gasteiger partial charge in [0.1, 0.15) is 23.3 Å². The molecule has 10 nitrogen and oxygen atoms in total. The molecule has 0 aliphatic carbocycles. The fourth-order valence-corrected chi connectivity index (χ4v) is 2.85. The van der Waals surface area contributed by atoms with E-state index in [1.165, 1.54) is 0 Å². The Morgan fingerprint density at radius 1 is 1.24 bits per heavy atom. The van der Waals surface area contributed by atoms with Gasteiger partial charge in [-0.1, -0.05) is 19.4 Å². The first-order chi connectivity index (χ1) is 14.0. The van der Waals surface area contributed by atoms with Gasteiger partial charge in [0.25, 0.3) is 11.5 Å². The summed E-state index contributed by atoms with van der Waals surface area (Å²) in [7, 11) is 0. The Labute approximate surface area is 166 Å². The van der Waals surface area contributed by atoms with E-state index >= 15 is 0 Å². The lowest BCUT2D eigenvalue weighted by Crippen LogP contribution is -2.23. The van der Waals surface area contributed by atoms with Crippen LogP contribution in [0, 0.1) is 25.2 Å². The predicted molar refractivity (Wildman–Crippen MR) is 105 cm³/mol. The molecule has 0 aromatic carbocycles. The van der Waals surface area contributed by atoms with E-state index in [1.807, 2.05) is 19.1 Å². The number of aryl methyl sites for hydroxylation is 1. The normalized spacial score (nSPS) is 11.1. The van der Waals surface area contributed by atoms with Crippen LogP contribution in [-0.4, -0.2) is 29.4 Å². The Balaban J connectivity index is 2.11. The molecule has 0 unspecified atom stereocenters. The molecule has 3 aromatic rings. The van der Waals surface area contributed by atoms with Crippen LogP contribution in [0.25, 0.3) is 5.82 Å². The van der Waals surface area contributed by atoms with E-state index in [4.69, 9.17) is 0 Å². The number of nitrogens with zero attached hydrogens (tertiary/aromatic N) is 8. The highest BCUT2D eigenvalue weighted by atomic mass is 16.3. The van der Waals surface area contributed by atoms with Gasteiger partial charge in [0.2, 0.25) is 5.88 Å². The van der Waals surface area contributed by atoms with Gasteiger partial charge in [0, 0.05) is 18.3 Å². The zero-order chi connectivity index (χ0) is 21.0. The Kier molecular flexibility index (Phi) is 5.78. The van der Waals surface area contributed by atoms with Gasteiger partial charge in [-0.05, 0) is 32.4 Å². The second-order valence-corrected chi connectivity index (χ2v) is 6.36. The Morgan fingerprint density at radius 3 is 2.69 bits per heavy atom. The largest absolute Gasteiger partial charge is 0.493 e. The first-order valence-corrected chi connectivity index (χ1v) is 9.11. The van der Waals surface area contributed by atoms with E-state index in [2.05, 4.69) is 25.4 Å². The highest BCUT2D eigenvalue weighted by Gasteiger charge is 2.19. The molecule has 1 N–H and O–H groups in total. The molecule has 0 fully saturated rings. The maximum absolute atomic E-state index is 12.5. The minimum absolute atomic E-state index is 0.0467. The maximum atomic E-state index is 12.5. The monoisotopic (exact) mass is 392 g/mol. The molecule has 0 spiro atoms. The molecule has 0 radical (unpaired) electrons. The summed E-state index contributed by atoms with van der Waals surface area (Å²) < 4.78 is 2.76. The first kappa shape index (κ1) is 19.9. The molecule has 0 aliphatic heterocycles. The minimum atomic E-state index is -0.539. The third-order valence-electron chi connectivity index (χ3n) is 4.43. The average Bonchev–Trinajstić information content (AvgIpc) is 3.09. The Morgan fingerprint density at radius 2 is 2.03 bits per heavy atom. The van der Waals surface area contributed by atoms with Crippen LogP contribution in [0.1, 0.15) is 36.7 Å². The lowest BCUT2D eigenvalue weighted by molar-refractivity contribution is 0.402. The summed E-state index contributed by atoms with van der Waals surface area (Å²) in [4.78, 5) is 16.8. The van der Waals surface area contributed by atoms with E-state index in [0.29, 0.717) is 18.1 Å². The van der Waals surface area contributed by atoms with Gasteiger partial charge >= 0.3 is 0 Å². The van der Waals surface area contributed by atoms with E-state index < -0.39 is 5.56 Å². The third-order valence-corrected chi connectivity index (χ3v) is 4.43. The van der Waals surface area contributed by atoms with Gasteiger partial charge in [-0.25, -0.2) is 9.55 Å². The molecular weight excluding hydrogens is 372 g/mol. The van der Waals surface area contributed by atoms with Crippen molar-refractivity contribution in [3.63, 3.8) is 0 Å². The lowest BCUT2D eigenvalue weighted by Gasteiger charge is -2.12. The number of pyridine rings is 2. The molecule has 0 bridgehead atoms. The van der Waals surface area contributed by atoms with E-state index in [9.17, 15) is 15.2 Å². The van der Waals surface area contributed by atoms with Crippen molar-refractivity contribution in [2.45, 2.75) is 40.2 Å². The van der Waals surface area contributed by atoms with Crippen LogP contribution in [-0.2, 0) is 6.54 Å². The highest BCUT2D eigenvalue weighted by molar-refractivity contribution is 5.59. The smallest absolute Gasteiger partial charge is 0.275 e. The summed E-state index contributed by atoms with van der Waals surface area (Å²) in [6.45, 7) is 5.55. The molecule has 29 heavy (non-hydrogen) atoms. The summed E-state index contributed by atoms with van der Waals surface area (Å²) in [5, 5.41) is 36.2. The molecule has 0 saturated carbocycles. The fraction of sp³-hybridized carbons (Fsp3) is 0.316. The van der Waals surface area contributed by atoms with Crippen molar-refractivity contribution in [2.24, 2.45) is 10.2 Å². The highest BCUT2D eigenvalue weighted by Crippen LogP contribution is 2.32. The molecule has 3 heterocycles. The molecular formula is C19H20N8O2. The Bertz CT molecular complexity index is 1160. The zero-order valence-corrected chi connectivity index (χ0v) is 16.4. The third kappa shape index (κ3) is 3.75. The standard InChI is InChI=1S/C19H20N8O2/c1-4-5-10-26-17(28)14(11-20)12(2)16(18(26)29)23-25-19-24-22-13(3)27(19)15-8-6-7-9-21-15/h6-9,29H,4-5,10H2,1-3H3. The van der Waals surface area contributed by atoms with Gasteiger partial charge < -0.3 is 5.11 Å². The summed E-state index contributed by atoms with van der Waals surface area (Å²) in [5.74, 6) is 0.953. The summed E-state index contributed by atoms with van der Waals surface area (Å²) in [5.41, 5.74) is -0.310. The minimum Gasteiger partial charge on any atom is -0.493 e. The number of aromatic nitrogens is 5. The van der Waals surface area contributed by atoms with Crippen molar-refractivity contribution in [1.29, 1.82) is 5.26 Å². The van der Waals surface area contributed by atoms with Crippen LogP contribution in [0.2, 0.25) is 0 Å². The van der Waals surface area contributed by atoms with E-state index in [1.54, 1.807) is 36.7 Å². The first-order valence-electron chi connectivity index (χ1n) is 9.11. The van der Waals surface area contributed by atoms with Crippen LogP contribution in [0.15, 0.2) is 39.4 Å². The van der Waals surface area contributed by atoms with Gasteiger partial charge in [0.05, 0.1) is 0 Å². The van der Waals surface area contributed by atoms with Gasteiger partial charge in [-0.2, -0.15) is 5.26 Å². The molecule has 0 atom stereocenters. The zero-order valence-electron chi connectivity index (χ0n) is 16.4. The van der Waals surface area contributed by atoms with Crippen molar-refractivity contribution in [3.8, 4) is 17.8 Å². The van der Waals surface area contributed by atoms with E-state index in [-0.39, 0.29) is 35.2 Å². The topological polar surface area (TPSA) is 134 Å². The number of nitriles is 1. The molecule has 0 aliphatic rings. The second-order valence-electron chi connectivity index (χ2n) is 6.36. The van der Waals surface area contributed by atoms with Crippen molar-refractivity contribution < 1.29 is 5.11 Å². The number of rotatable bonds is 6. The van der Waals surface area contributed by atoms with Crippen LogP contribution in [0.4, 0.5) is 11.6 Å². The van der Waals surface area contributed by atoms with Crippen molar-refractivity contribution in [2.75, 3.05) is 0 Å². The van der Waals surface area contributed by atoms with Crippen LogP contribution < -0.4 is 5.56 Å². The van der Waals surface area contributed by atoms with E-state index in [0.717, 1.165) is 11.0 Å². The number of hydrogen-bond acceptors (Lipinski definition) is 8. The van der Waals surface area contributed by atoms with Crippen LogP contribution in [0.3, 0.4) is 0 Å². The maximum Gasteiger partial charge on any atom is 0.275 e. The predicted octanol–water partition coefficient (Wildman–Crippen LogP) is 3.23. The molecule has 148 valence electrons. The number of hydrogen-bond donors (Lipinski definition) is 1. The summed E-state index contributed by atoms with van der Waals surface area (Å²) >= 11 is 0. The molecule has 0 amide bonds. The lowest BCUT2D eigenvalue weighted by atomic mass is 10.1. The fourth-order valence-electron chi connectivity index (χ4n) is 2.85. The molecule has 3 rings (SSSR count). The van der Waals surface area contributed by atoms with Crippen molar-refractivity contribution in [1.82, 2.24) is 24.3 Å². The number of unbranched alkanes of at least 4 members (excludes halogenated alkanes) is 1.